The van der Waals surface area contributed by atoms with E-state index in [2.05, 4.69) is 5.10 Å². The molecule has 0 spiro atoms. The molecule has 0 unspecified atom stereocenters. The predicted molar refractivity (Wildman–Crippen MR) is 83.1 cm³/mol. The van der Waals surface area contributed by atoms with Crippen molar-refractivity contribution in [3.63, 3.8) is 0 Å². The zero-order valence-electron chi connectivity index (χ0n) is 13.0. The summed E-state index contributed by atoms with van der Waals surface area (Å²) in [4.78, 5) is 25.3. The number of hydrogen-bond donors (Lipinski definition) is 1. The van der Waals surface area contributed by atoms with E-state index in [1.54, 1.807) is 16.5 Å². The molecule has 2 heterocycles. The first-order chi connectivity index (χ1) is 10.4. The first-order valence-electron chi connectivity index (χ1n) is 7.68. The summed E-state index contributed by atoms with van der Waals surface area (Å²) in [5.74, 6) is -0.726. The molecule has 1 aromatic rings. The largest absolute Gasteiger partial charge is 0.481 e. The Morgan fingerprint density at radius 3 is 2.68 bits per heavy atom. The van der Waals surface area contributed by atoms with E-state index < -0.39 is 5.97 Å². The van der Waals surface area contributed by atoms with E-state index in [0.29, 0.717) is 36.0 Å². The van der Waals surface area contributed by atoms with E-state index >= 15 is 0 Å². The molecule has 1 aromatic heterocycles. The third-order valence-electron chi connectivity index (χ3n) is 4.18. The van der Waals surface area contributed by atoms with Gasteiger partial charge in [-0.3, -0.25) is 14.3 Å². The third kappa shape index (κ3) is 3.61. The average molecular weight is 328 g/mol. The molecule has 22 heavy (non-hydrogen) atoms. The van der Waals surface area contributed by atoms with Crippen molar-refractivity contribution in [1.82, 2.24) is 14.7 Å². The lowest BCUT2D eigenvalue weighted by Gasteiger charge is -2.20. The number of carbonyl (C=O) groups excluding carboxylic acids is 1. The number of aliphatic carboxylic acids is 1. The molecular formula is C15H22ClN3O3. The SMILES string of the molecule is CCn1nc(C)c(C(=O)N2CCC[C@H](CC(=O)O)CC2)c1Cl. The number of carbonyl (C=O) groups is 2. The van der Waals surface area contributed by atoms with Gasteiger partial charge < -0.3 is 10.0 Å². The van der Waals surface area contributed by atoms with Gasteiger partial charge in [0.2, 0.25) is 0 Å². The Morgan fingerprint density at radius 2 is 2.09 bits per heavy atom. The first-order valence-corrected chi connectivity index (χ1v) is 8.05. The Balaban J connectivity index is 2.10. The van der Waals surface area contributed by atoms with Crippen molar-refractivity contribution >= 4 is 23.5 Å². The first kappa shape index (κ1) is 16.8. The molecule has 1 fully saturated rings. The van der Waals surface area contributed by atoms with Crippen LogP contribution in [0.1, 0.15) is 48.7 Å². The van der Waals surface area contributed by atoms with Gasteiger partial charge in [-0.2, -0.15) is 5.10 Å². The zero-order chi connectivity index (χ0) is 16.3. The number of carboxylic acid groups (broad SMARTS) is 1. The molecule has 2 rings (SSSR count). The quantitative estimate of drug-likeness (QED) is 0.922. The fourth-order valence-electron chi connectivity index (χ4n) is 2.98. The monoisotopic (exact) mass is 327 g/mol. The zero-order valence-corrected chi connectivity index (χ0v) is 13.8. The molecule has 7 heteroatoms. The molecule has 1 amide bonds. The number of aryl methyl sites for hydroxylation is 2. The molecule has 6 nitrogen and oxygen atoms in total. The minimum Gasteiger partial charge on any atom is -0.481 e. The van der Waals surface area contributed by atoms with Crippen LogP contribution in [0.2, 0.25) is 5.15 Å². The number of rotatable bonds is 4. The second-order valence-electron chi connectivity index (χ2n) is 5.75. The van der Waals surface area contributed by atoms with Crippen LogP contribution in [0.15, 0.2) is 0 Å². The average Bonchev–Trinajstić information content (AvgIpc) is 2.63. The van der Waals surface area contributed by atoms with Gasteiger partial charge in [-0.1, -0.05) is 11.6 Å². The minimum atomic E-state index is -0.770. The number of hydrogen-bond acceptors (Lipinski definition) is 3. The molecule has 1 aliphatic rings. The van der Waals surface area contributed by atoms with Crippen molar-refractivity contribution in [2.45, 2.75) is 46.1 Å². The van der Waals surface area contributed by atoms with Gasteiger partial charge in [-0.15, -0.1) is 0 Å². The molecule has 1 saturated heterocycles. The van der Waals surface area contributed by atoms with Gasteiger partial charge in [-0.05, 0) is 39.0 Å². The van der Waals surface area contributed by atoms with Crippen LogP contribution in [0, 0.1) is 12.8 Å². The maximum Gasteiger partial charge on any atom is 0.303 e. The molecule has 122 valence electrons. The summed E-state index contributed by atoms with van der Waals surface area (Å²) in [6.45, 7) is 5.55. The standard InChI is InChI=1S/C15H22ClN3O3/c1-3-19-14(16)13(10(2)17-19)15(22)18-7-4-5-11(6-8-18)9-12(20)21/h11H,3-9H2,1-2H3,(H,20,21)/t11-/m0/s1. The van der Waals surface area contributed by atoms with Gasteiger partial charge in [0.1, 0.15) is 5.15 Å². The van der Waals surface area contributed by atoms with E-state index in [1.165, 1.54) is 0 Å². The van der Waals surface area contributed by atoms with E-state index in [4.69, 9.17) is 16.7 Å². The molecule has 0 aliphatic carbocycles. The highest BCUT2D eigenvalue weighted by Crippen LogP contribution is 2.25. The van der Waals surface area contributed by atoms with Crippen LogP contribution < -0.4 is 0 Å². The van der Waals surface area contributed by atoms with Crippen molar-refractivity contribution in [2.24, 2.45) is 5.92 Å². The van der Waals surface area contributed by atoms with Crippen molar-refractivity contribution < 1.29 is 14.7 Å². The summed E-state index contributed by atoms with van der Waals surface area (Å²) in [6, 6.07) is 0. The van der Waals surface area contributed by atoms with Gasteiger partial charge in [0.05, 0.1) is 11.3 Å². The van der Waals surface area contributed by atoms with Crippen LogP contribution >= 0.6 is 11.6 Å². The van der Waals surface area contributed by atoms with E-state index in [1.807, 2.05) is 6.92 Å². The van der Waals surface area contributed by atoms with Gasteiger partial charge in [-0.25, -0.2) is 0 Å². The lowest BCUT2D eigenvalue weighted by atomic mass is 9.97. The molecule has 1 aliphatic heterocycles. The van der Waals surface area contributed by atoms with Crippen molar-refractivity contribution in [2.75, 3.05) is 13.1 Å². The van der Waals surface area contributed by atoms with Crippen molar-refractivity contribution in [1.29, 1.82) is 0 Å². The molecule has 1 atom stereocenters. The summed E-state index contributed by atoms with van der Waals surface area (Å²) in [5.41, 5.74) is 1.11. The molecule has 0 saturated carbocycles. The van der Waals surface area contributed by atoms with Gasteiger partial charge >= 0.3 is 5.97 Å². The molecule has 0 aromatic carbocycles. The Labute approximate surface area is 135 Å². The number of amides is 1. The highest BCUT2D eigenvalue weighted by molar-refractivity contribution is 6.33. The van der Waals surface area contributed by atoms with Crippen LogP contribution in [0.5, 0.6) is 0 Å². The lowest BCUT2D eigenvalue weighted by molar-refractivity contribution is -0.138. The Hall–Kier alpha value is -1.56. The third-order valence-corrected chi connectivity index (χ3v) is 4.56. The number of likely N-dealkylation sites (tertiary alicyclic amines) is 1. The summed E-state index contributed by atoms with van der Waals surface area (Å²) >= 11 is 6.26. The van der Waals surface area contributed by atoms with Gasteiger partial charge in [0.25, 0.3) is 5.91 Å². The number of halogens is 1. The normalized spacial score (nSPS) is 19.0. The van der Waals surface area contributed by atoms with Crippen molar-refractivity contribution in [3.05, 3.63) is 16.4 Å². The smallest absolute Gasteiger partial charge is 0.303 e. The summed E-state index contributed by atoms with van der Waals surface area (Å²) in [7, 11) is 0. The fraction of sp³-hybridized carbons (Fsp3) is 0.667. The van der Waals surface area contributed by atoms with Gasteiger partial charge in [0, 0.05) is 26.1 Å². The fourth-order valence-corrected chi connectivity index (χ4v) is 3.36. The maximum absolute atomic E-state index is 12.7. The highest BCUT2D eigenvalue weighted by Gasteiger charge is 2.27. The van der Waals surface area contributed by atoms with Crippen LogP contribution in [-0.2, 0) is 11.3 Å². The molecule has 0 radical (unpaired) electrons. The molecule has 0 bridgehead atoms. The highest BCUT2D eigenvalue weighted by atomic mass is 35.5. The second-order valence-corrected chi connectivity index (χ2v) is 6.11. The van der Waals surface area contributed by atoms with Crippen LogP contribution in [-0.4, -0.2) is 44.8 Å². The second kappa shape index (κ2) is 7.13. The van der Waals surface area contributed by atoms with Crippen LogP contribution in [0.25, 0.3) is 0 Å². The summed E-state index contributed by atoms with van der Waals surface area (Å²) in [5, 5.41) is 13.6. The number of nitrogens with zero attached hydrogens (tertiary/aromatic N) is 3. The molecule has 1 N–H and O–H groups in total. The minimum absolute atomic E-state index is 0.0989. The Kier molecular flexibility index (Phi) is 5.45. The Bertz CT molecular complexity index is 571. The maximum atomic E-state index is 12.7. The molecular weight excluding hydrogens is 306 g/mol. The van der Waals surface area contributed by atoms with E-state index in [0.717, 1.165) is 19.3 Å². The lowest BCUT2D eigenvalue weighted by Crippen LogP contribution is -2.32. The summed E-state index contributed by atoms with van der Waals surface area (Å²) in [6.07, 6.45) is 2.56. The number of aromatic nitrogens is 2. The van der Waals surface area contributed by atoms with Crippen LogP contribution in [0.3, 0.4) is 0 Å². The predicted octanol–water partition coefficient (Wildman–Crippen LogP) is 2.58. The van der Waals surface area contributed by atoms with Gasteiger partial charge in [0.15, 0.2) is 0 Å². The van der Waals surface area contributed by atoms with Crippen LogP contribution in [0.4, 0.5) is 0 Å². The van der Waals surface area contributed by atoms with Crippen molar-refractivity contribution in [3.8, 4) is 0 Å². The van der Waals surface area contributed by atoms with E-state index in [9.17, 15) is 9.59 Å². The van der Waals surface area contributed by atoms with E-state index in [-0.39, 0.29) is 18.2 Å². The topological polar surface area (TPSA) is 75.4 Å². The number of carboxylic acids is 1. The Morgan fingerprint density at radius 1 is 1.36 bits per heavy atom. The summed E-state index contributed by atoms with van der Waals surface area (Å²) < 4.78 is 1.62.